The molecule has 12 heteroatoms. The number of rotatable bonds is 2. The molecule has 0 spiro atoms. The minimum absolute atomic E-state index is 0.235. The average Bonchev–Trinajstić information content (AvgIpc) is 2.86. The number of ether oxygens (including phenoxy) is 1. The summed E-state index contributed by atoms with van der Waals surface area (Å²) in [5, 5.41) is 38.4. The van der Waals surface area contributed by atoms with E-state index in [1.807, 2.05) is 0 Å². The van der Waals surface area contributed by atoms with Gasteiger partial charge in [-0.3, -0.25) is 14.5 Å². The lowest BCUT2D eigenvalue weighted by molar-refractivity contribution is -0.263. The minimum atomic E-state index is -1.88. The molecule has 2 aliphatic rings. The van der Waals surface area contributed by atoms with Gasteiger partial charge in [0, 0.05) is 0 Å². The number of fused-ring (bicyclic) bond motifs is 1. The van der Waals surface area contributed by atoms with Crippen LogP contribution in [0.5, 0.6) is 0 Å². The van der Waals surface area contributed by atoms with Crippen molar-refractivity contribution >= 4 is 58.2 Å². The van der Waals surface area contributed by atoms with Crippen molar-refractivity contribution in [3.8, 4) is 0 Å². The van der Waals surface area contributed by atoms with Gasteiger partial charge in [-0.1, -0.05) is 46.4 Å². The maximum atomic E-state index is 12.7. The van der Waals surface area contributed by atoms with Crippen LogP contribution in [0.2, 0.25) is 20.1 Å². The van der Waals surface area contributed by atoms with Crippen LogP contribution in [-0.2, 0) is 4.74 Å². The number of hydrogen-bond donors (Lipinski definition) is 4. The Morgan fingerprint density at radius 3 is 1.73 bits per heavy atom. The number of nitrogens with zero attached hydrogens (tertiary/aromatic N) is 1. The van der Waals surface area contributed by atoms with Crippen molar-refractivity contribution in [3.05, 3.63) is 31.2 Å². The predicted octanol–water partition coefficient (Wildman–Crippen LogP) is 0.696. The van der Waals surface area contributed by atoms with Crippen LogP contribution in [0.3, 0.4) is 0 Å². The molecule has 5 atom stereocenters. The summed E-state index contributed by atoms with van der Waals surface area (Å²) < 4.78 is 4.98. The number of aliphatic hydroxyl groups excluding tert-OH is 4. The highest BCUT2D eigenvalue weighted by atomic mass is 35.5. The molecule has 0 aromatic heterocycles. The zero-order chi connectivity index (χ0) is 19.5. The first-order valence-electron chi connectivity index (χ1n) is 7.17. The van der Waals surface area contributed by atoms with Crippen molar-refractivity contribution in [2.24, 2.45) is 0 Å². The van der Waals surface area contributed by atoms with E-state index < -0.39 is 49.1 Å². The largest absolute Gasteiger partial charge is 0.394 e. The molecule has 1 fully saturated rings. The Hall–Kier alpha value is -0.680. The predicted molar refractivity (Wildman–Crippen MR) is 90.7 cm³/mol. The Labute approximate surface area is 166 Å². The fraction of sp³-hybridized carbons (Fsp3) is 0.429. The highest BCUT2D eigenvalue weighted by Crippen LogP contribution is 2.45. The lowest BCUT2D eigenvalue weighted by Crippen LogP contribution is -2.65. The standard InChI is InChI=1S/C14H11Cl4NO7/c15-5-3-4(6(16)8(18)7(5)17)13(24)19(12(3)23)9-11(22)10(21)2(1-20)26-14(9)25/h2,9-11,14,20-22,25H,1H2/t2-,9?,10+,11-,14?/m1/s1. The van der Waals surface area contributed by atoms with E-state index in [4.69, 9.17) is 56.2 Å². The zero-order valence-corrected chi connectivity index (χ0v) is 15.6. The van der Waals surface area contributed by atoms with Crippen molar-refractivity contribution < 1.29 is 34.8 Å². The number of benzene rings is 1. The normalized spacial score (nSPS) is 31.5. The molecule has 142 valence electrons. The van der Waals surface area contributed by atoms with E-state index in [2.05, 4.69) is 0 Å². The highest BCUT2D eigenvalue weighted by molar-refractivity contribution is 6.55. The van der Waals surface area contributed by atoms with Crippen molar-refractivity contribution in [2.75, 3.05) is 6.61 Å². The van der Waals surface area contributed by atoms with Gasteiger partial charge in [0.25, 0.3) is 11.8 Å². The highest BCUT2D eigenvalue weighted by Gasteiger charge is 2.53. The second-order valence-corrected chi connectivity index (χ2v) is 7.22. The zero-order valence-electron chi connectivity index (χ0n) is 12.6. The molecular formula is C14H11Cl4NO7. The molecule has 0 bridgehead atoms. The third kappa shape index (κ3) is 2.72. The number of carbonyl (C=O) groups excluding carboxylic acids is 2. The van der Waals surface area contributed by atoms with Gasteiger partial charge in [-0.05, 0) is 0 Å². The molecule has 1 saturated heterocycles. The summed E-state index contributed by atoms with van der Waals surface area (Å²) >= 11 is 23.8. The third-order valence-corrected chi connectivity index (χ3v) is 6.10. The first kappa shape index (κ1) is 20.1. The van der Waals surface area contributed by atoms with Crippen LogP contribution in [0.25, 0.3) is 0 Å². The average molecular weight is 447 g/mol. The first-order valence-corrected chi connectivity index (χ1v) is 8.69. The van der Waals surface area contributed by atoms with Crippen molar-refractivity contribution in [2.45, 2.75) is 30.6 Å². The maximum absolute atomic E-state index is 12.7. The van der Waals surface area contributed by atoms with Crippen LogP contribution in [-0.4, -0.2) is 74.4 Å². The van der Waals surface area contributed by atoms with Gasteiger partial charge >= 0.3 is 0 Å². The Kier molecular flexibility index (Phi) is 5.44. The summed E-state index contributed by atoms with van der Waals surface area (Å²) in [5.74, 6) is -2.01. The number of hydrogen-bond acceptors (Lipinski definition) is 7. The molecule has 8 nitrogen and oxygen atoms in total. The molecule has 2 heterocycles. The van der Waals surface area contributed by atoms with Crippen molar-refractivity contribution in [1.29, 1.82) is 0 Å². The monoisotopic (exact) mass is 445 g/mol. The van der Waals surface area contributed by atoms with Crippen LogP contribution in [0.1, 0.15) is 20.7 Å². The van der Waals surface area contributed by atoms with E-state index in [1.165, 1.54) is 0 Å². The van der Waals surface area contributed by atoms with Crippen LogP contribution >= 0.6 is 46.4 Å². The number of halogens is 4. The van der Waals surface area contributed by atoms with E-state index >= 15 is 0 Å². The Balaban J connectivity index is 2.09. The summed E-state index contributed by atoms with van der Waals surface area (Å²) in [6.45, 7) is -0.701. The molecule has 0 saturated carbocycles. The van der Waals surface area contributed by atoms with Crippen LogP contribution in [0.15, 0.2) is 0 Å². The Morgan fingerprint density at radius 2 is 1.31 bits per heavy atom. The summed E-state index contributed by atoms with van der Waals surface area (Å²) in [7, 11) is 0. The second-order valence-electron chi connectivity index (χ2n) is 5.71. The van der Waals surface area contributed by atoms with E-state index in [0.29, 0.717) is 4.90 Å². The third-order valence-electron chi connectivity index (χ3n) is 4.30. The van der Waals surface area contributed by atoms with Gasteiger partial charge in [0.1, 0.15) is 24.4 Å². The Bertz CT molecular complexity index is 757. The lowest BCUT2D eigenvalue weighted by Gasteiger charge is -2.42. The molecule has 0 aliphatic carbocycles. The molecular weight excluding hydrogens is 436 g/mol. The van der Waals surface area contributed by atoms with Gasteiger partial charge in [0.05, 0.1) is 37.8 Å². The summed E-state index contributed by atoms with van der Waals surface area (Å²) in [6.07, 6.45) is -6.66. The smallest absolute Gasteiger partial charge is 0.263 e. The topological polar surface area (TPSA) is 128 Å². The quantitative estimate of drug-likeness (QED) is 0.299. The van der Waals surface area contributed by atoms with Gasteiger partial charge in [0.15, 0.2) is 6.29 Å². The van der Waals surface area contributed by atoms with Crippen molar-refractivity contribution in [1.82, 2.24) is 4.90 Å². The fourth-order valence-electron chi connectivity index (χ4n) is 3.00. The van der Waals surface area contributed by atoms with Crippen LogP contribution in [0.4, 0.5) is 0 Å². The maximum Gasteiger partial charge on any atom is 0.263 e. The number of amides is 2. The summed E-state index contributed by atoms with van der Waals surface area (Å²) in [4.78, 5) is 26.0. The van der Waals surface area contributed by atoms with Gasteiger partial charge in [-0.25, -0.2) is 0 Å². The molecule has 2 unspecified atom stereocenters. The summed E-state index contributed by atoms with van der Waals surface area (Å²) in [6, 6.07) is -1.68. The van der Waals surface area contributed by atoms with Crippen molar-refractivity contribution in [3.63, 3.8) is 0 Å². The molecule has 2 aliphatic heterocycles. The number of imide groups is 1. The Morgan fingerprint density at radius 1 is 0.846 bits per heavy atom. The van der Waals surface area contributed by atoms with E-state index in [1.54, 1.807) is 0 Å². The van der Waals surface area contributed by atoms with Crippen LogP contribution < -0.4 is 0 Å². The second kappa shape index (κ2) is 7.05. The van der Waals surface area contributed by atoms with Gasteiger partial charge in [-0.2, -0.15) is 0 Å². The van der Waals surface area contributed by atoms with Crippen LogP contribution in [0, 0.1) is 0 Å². The van der Waals surface area contributed by atoms with Gasteiger partial charge in [-0.15, -0.1) is 0 Å². The SMILES string of the molecule is O=C1c2c(Cl)c(Cl)c(Cl)c(Cl)c2C(=O)N1C1C(O)O[C@H](CO)[C@H](O)[C@@H]1O. The van der Waals surface area contributed by atoms with Gasteiger partial charge in [0.2, 0.25) is 0 Å². The molecule has 1 aromatic carbocycles. The molecule has 1 aromatic rings. The number of carbonyl (C=O) groups is 2. The summed E-state index contributed by atoms with van der Waals surface area (Å²) in [5.41, 5.74) is -0.677. The number of aliphatic hydroxyl groups is 4. The van der Waals surface area contributed by atoms with E-state index in [0.717, 1.165) is 0 Å². The van der Waals surface area contributed by atoms with Gasteiger partial charge < -0.3 is 25.2 Å². The van der Waals surface area contributed by atoms with E-state index in [9.17, 15) is 24.9 Å². The molecule has 26 heavy (non-hydrogen) atoms. The minimum Gasteiger partial charge on any atom is -0.394 e. The lowest BCUT2D eigenvalue weighted by atomic mass is 9.96. The first-order chi connectivity index (χ1) is 12.1. The molecule has 2 amide bonds. The molecule has 0 radical (unpaired) electrons. The van der Waals surface area contributed by atoms with E-state index in [-0.39, 0.29) is 31.2 Å². The molecule has 3 rings (SSSR count). The fourth-order valence-corrected chi connectivity index (χ4v) is 4.01. The molecule has 4 N–H and O–H groups in total.